The van der Waals surface area contributed by atoms with Crippen LogP contribution in [0.15, 0.2) is 23.9 Å². The van der Waals surface area contributed by atoms with Gasteiger partial charge in [0.15, 0.2) is 0 Å². The van der Waals surface area contributed by atoms with Crippen molar-refractivity contribution in [2.24, 2.45) is 0 Å². The molecule has 0 saturated heterocycles. The van der Waals surface area contributed by atoms with Crippen molar-refractivity contribution >= 4 is 12.0 Å². The van der Waals surface area contributed by atoms with E-state index in [4.69, 9.17) is 9.84 Å². The molecule has 0 radical (unpaired) electrons. The molecular formula is C11H11NO5. The zero-order chi connectivity index (χ0) is 13.0. The molecule has 0 heterocycles. The Labute approximate surface area is 97.3 Å². The Morgan fingerprint density at radius 2 is 2.18 bits per heavy atom. The quantitative estimate of drug-likeness (QED) is 0.639. The number of methoxy groups -OCH3 is 1. The van der Waals surface area contributed by atoms with E-state index in [1.54, 1.807) is 6.07 Å². The van der Waals surface area contributed by atoms with E-state index in [2.05, 4.69) is 0 Å². The Morgan fingerprint density at radius 3 is 2.65 bits per heavy atom. The van der Waals surface area contributed by atoms with Gasteiger partial charge in [-0.15, -0.1) is 0 Å². The third-order valence-electron chi connectivity index (χ3n) is 2.12. The molecule has 0 aliphatic rings. The van der Waals surface area contributed by atoms with E-state index in [9.17, 15) is 14.9 Å². The van der Waals surface area contributed by atoms with E-state index < -0.39 is 10.9 Å². The van der Waals surface area contributed by atoms with Crippen molar-refractivity contribution in [1.29, 1.82) is 0 Å². The predicted molar refractivity (Wildman–Crippen MR) is 60.6 cm³/mol. The first-order valence-corrected chi connectivity index (χ1v) is 4.69. The van der Waals surface area contributed by atoms with Crippen LogP contribution >= 0.6 is 0 Å². The fraction of sp³-hybridized carbons (Fsp3) is 0.182. The first kappa shape index (κ1) is 12.7. The van der Waals surface area contributed by atoms with Crippen LogP contribution < -0.4 is 4.74 Å². The summed E-state index contributed by atoms with van der Waals surface area (Å²) < 4.78 is 4.88. The van der Waals surface area contributed by atoms with E-state index in [0.717, 1.165) is 0 Å². The molecule has 0 spiro atoms. The first-order chi connectivity index (χ1) is 7.95. The summed E-state index contributed by atoms with van der Waals surface area (Å²) in [7, 11) is 1.36. The molecule has 1 aromatic rings. The largest absolute Gasteiger partial charge is 0.496 e. The molecule has 1 rings (SSSR count). The normalized spacial score (nSPS) is 11.1. The van der Waals surface area contributed by atoms with Crippen molar-refractivity contribution < 1.29 is 19.6 Å². The smallest absolute Gasteiger partial charge is 0.339 e. The molecular weight excluding hydrogens is 226 g/mol. The van der Waals surface area contributed by atoms with Crippen molar-refractivity contribution in [2.45, 2.75) is 6.92 Å². The molecule has 0 aromatic heterocycles. The van der Waals surface area contributed by atoms with Crippen molar-refractivity contribution in [3.63, 3.8) is 0 Å². The molecule has 0 aliphatic carbocycles. The SMILES string of the molecule is COc1ccc(C=C(C)[N+](=O)[O-])cc1C(=O)O. The molecule has 6 heteroatoms. The van der Waals surface area contributed by atoms with Crippen LogP contribution in [0.2, 0.25) is 0 Å². The summed E-state index contributed by atoms with van der Waals surface area (Å²) in [5, 5.41) is 19.4. The number of nitro groups is 1. The monoisotopic (exact) mass is 237 g/mol. The second-order valence-corrected chi connectivity index (χ2v) is 3.31. The number of rotatable bonds is 4. The van der Waals surface area contributed by atoms with Gasteiger partial charge < -0.3 is 9.84 Å². The minimum absolute atomic E-state index is 0.0302. The number of hydrogen-bond acceptors (Lipinski definition) is 4. The highest BCUT2D eigenvalue weighted by atomic mass is 16.6. The van der Waals surface area contributed by atoms with Crippen LogP contribution in [0.25, 0.3) is 6.08 Å². The van der Waals surface area contributed by atoms with Crippen molar-refractivity contribution in [1.82, 2.24) is 0 Å². The summed E-state index contributed by atoms with van der Waals surface area (Å²) in [5.41, 5.74) is 0.348. The van der Waals surface area contributed by atoms with Crippen LogP contribution in [0.5, 0.6) is 5.75 Å². The lowest BCUT2D eigenvalue weighted by Gasteiger charge is -2.05. The zero-order valence-corrected chi connectivity index (χ0v) is 9.34. The molecule has 1 N–H and O–H groups in total. The van der Waals surface area contributed by atoms with Crippen molar-refractivity contribution in [2.75, 3.05) is 7.11 Å². The number of hydrogen-bond donors (Lipinski definition) is 1. The average Bonchev–Trinajstić information content (AvgIpc) is 2.28. The number of benzene rings is 1. The third-order valence-corrected chi connectivity index (χ3v) is 2.12. The molecule has 17 heavy (non-hydrogen) atoms. The van der Waals surface area contributed by atoms with Gasteiger partial charge in [0, 0.05) is 13.0 Å². The summed E-state index contributed by atoms with van der Waals surface area (Å²) in [6.45, 7) is 1.34. The van der Waals surface area contributed by atoms with Gasteiger partial charge in [0.1, 0.15) is 11.3 Å². The lowest BCUT2D eigenvalue weighted by atomic mass is 10.1. The van der Waals surface area contributed by atoms with Gasteiger partial charge in [-0.1, -0.05) is 6.07 Å². The van der Waals surface area contributed by atoms with Crippen LogP contribution in [0.3, 0.4) is 0 Å². The maximum Gasteiger partial charge on any atom is 0.339 e. The minimum Gasteiger partial charge on any atom is -0.496 e. The number of ether oxygens (including phenoxy) is 1. The van der Waals surface area contributed by atoms with Crippen molar-refractivity contribution in [3.8, 4) is 5.75 Å². The van der Waals surface area contributed by atoms with Crippen LogP contribution in [0, 0.1) is 10.1 Å². The number of allylic oxidation sites excluding steroid dienone is 1. The van der Waals surface area contributed by atoms with Gasteiger partial charge in [-0.3, -0.25) is 10.1 Å². The summed E-state index contributed by atoms with van der Waals surface area (Å²) in [6, 6.07) is 4.34. The van der Waals surface area contributed by atoms with Crippen LogP contribution in [-0.4, -0.2) is 23.1 Å². The average molecular weight is 237 g/mol. The summed E-state index contributed by atoms with van der Waals surface area (Å²) in [5.74, 6) is -0.927. The molecule has 0 bridgehead atoms. The highest BCUT2D eigenvalue weighted by Crippen LogP contribution is 2.21. The van der Waals surface area contributed by atoms with E-state index in [1.807, 2.05) is 0 Å². The van der Waals surface area contributed by atoms with Crippen LogP contribution in [-0.2, 0) is 0 Å². The van der Waals surface area contributed by atoms with E-state index >= 15 is 0 Å². The highest BCUT2D eigenvalue weighted by molar-refractivity contribution is 5.91. The van der Waals surface area contributed by atoms with Gasteiger partial charge in [-0.05, 0) is 17.7 Å². The highest BCUT2D eigenvalue weighted by Gasteiger charge is 2.12. The maximum atomic E-state index is 10.9. The summed E-state index contributed by atoms with van der Waals surface area (Å²) in [6.07, 6.45) is 1.30. The Kier molecular flexibility index (Phi) is 3.82. The Bertz CT molecular complexity index is 493. The van der Waals surface area contributed by atoms with Gasteiger partial charge >= 0.3 is 5.97 Å². The molecule has 0 fully saturated rings. The fourth-order valence-corrected chi connectivity index (χ4v) is 1.28. The number of nitrogens with zero attached hydrogens (tertiary/aromatic N) is 1. The second-order valence-electron chi connectivity index (χ2n) is 3.31. The van der Waals surface area contributed by atoms with Gasteiger partial charge in [-0.2, -0.15) is 0 Å². The minimum atomic E-state index is -1.14. The zero-order valence-electron chi connectivity index (χ0n) is 9.34. The molecule has 0 unspecified atom stereocenters. The Balaban J connectivity index is 3.22. The van der Waals surface area contributed by atoms with Gasteiger partial charge in [0.25, 0.3) is 0 Å². The van der Waals surface area contributed by atoms with Crippen LogP contribution in [0.4, 0.5) is 0 Å². The topological polar surface area (TPSA) is 89.7 Å². The van der Waals surface area contributed by atoms with Crippen molar-refractivity contribution in [3.05, 3.63) is 45.1 Å². The number of carboxylic acids is 1. The Hall–Kier alpha value is -2.37. The third kappa shape index (κ3) is 3.04. The lowest BCUT2D eigenvalue weighted by molar-refractivity contribution is -0.422. The molecule has 0 saturated carbocycles. The number of aromatic carboxylic acids is 1. The lowest BCUT2D eigenvalue weighted by Crippen LogP contribution is -2.01. The molecule has 0 amide bonds. The summed E-state index contributed by atoms with van der Waals surface area (Å²) >= 11 is 0. The van der Waals surface area contributed by atoms with Gasteiger partial charge in [0.05, 0.1) is 12.0 Å². The summed E-state index contributed by atoms with van der Waals surface area (Å²) in [4.78, 5) is 20.8. The number of carbonyl (C=O) groups is 1. The predicted octanol–water partition coefficient (Wildman–Crippen LogP) is 2.03. The van der Waals surface area contributed by atoms with Crippen LogP contribution in [0.1, 0.15) is 22.8 Å². The molecule has 6 nitrogen and oxygen atoms in total. The fourth-order valence-electron chi connectivity index (χ4n) is 1.28. The standard InChI is InChI=1S/C11H11NO5/c1-7(12(15)16)5-8-3-4-10(17-2)9(6-8)11(13)14/h3-6H,1-2H3,(H,13,14). The second kappa shape index (κ2) is 5.11. The van der Waals surface area contributed by atoms with Gasteiger partial charge in [0.2, 0.25) is 5.70 Å². The molecule has 0 aliphatic heterocycles. The van der Waals surface area contributed by atoms with E-state index in [-0.39, 0.29) is 17.0 Å². The molecule has 90 valence electrons. The number of carboxylic acid groups (broad SMARTS) is 1. The maximum absolute atomic E-state index is 10.9. The van der Waals surface area contributed by atoms with E-state index in [1.165, 1.54) is 32.2 Å². The molecule has 0 atom stereocenters. The van der Waals surface area contributed by atoms with Gasteiger partial charge in [-0.25, -0.2) is 4.79 Å². The molecule has 1 aromatic carbocycles. The Morgan fingerprint density at radius 1 is 1.53 bits per heavy atom. The first-order valence-electron chi connectivity index (χ1n) is 4.69. The van der Waals surface area contributed by atoms with E-state index in [0.29, 0.717) is 5.56 Å².